The summed E-state index contributed by atoms with van der Waals surface area (Å²) in [6, 6.07) is 0. The van der Waals surface area contributed by atoms with Gasteiger partial charge in [0, 0.05) is 6.61 Å². The first kappa shape index (κ1) is 15.8. The highest BCUT2D eigenvalue weighted by Gasteiger charge is 2.47. The smallest absolute Gasteiger partial charge is 0.0686 e. The molecule has 2 saturated carbocycles. The van der Waals surface area contributed by atoms with E-state index in [1.165, 1.54) is 51.4 Å². The summed E-state index contributed by atoms with van der Waals surface area (Å²) in [5, 5.41) is 11.4. The fourth-order valence-electron chi connectivity index (χ4n) is 5.12. The molecule has 0 amide bonds. The minimum Gasteiger partial charge on any atom is -0.390 e. The summed E-state index contributed by atoms with van der Waals surface area (Å²) in [6.07, 6.45) is 14.3. The van der Waals surface area contributed by atoms with Crippen molar-refractivity contribution in [3.8, 4) is 0 Å². The van der Waals surface area contributed by atoms with Crippen LogP contribution in [-0.2, 0) is 4.74 Å². The zero-order valence-corrected chi connectivity index (χ0v) is 14.1. The number of aliphatic hydroxyl groups is 1. The normalized spacial score (nSPS) is 39.9. The molecule has 0 aromatic heterocycles. The third kappa shape index (κ3) is 3.47. The molecule has 3 fully saturated rings. The highest BCUT2D eigenvalue weighted by Crippen LogP contribution is 2.48. The van der Waals surface area contributed by atoms with Crippen molar-refractivity contribution in [1.29, 1.82) is 0 Å². The minimum absolute atomic E-state index is 0.124. The Morgan fingerprint density at radius 3 is 2.38 bits per heavy atom. The summed E-state index contributed by atoms with van der Waals surface area (Å²) in [6.45, 7) is 5.60. The van der Waals surface area contributed by atoms with Crippen LogP contribution in [0.2, 0.25) is 0 Å². The van der Waals surface area contributed by atoms with Gasteiger partial charge in [-0.3, -0.25) is 0 Å². The Kier molecular flexibility index (Phi) is 4.40. The zero-order chi connectivity index (χ0) is 15.0. The number of hydrogen-bond acceptors (Lipinski definition) is 2. The van der Waals surface area contributed by atoms with E-state index >= 15 is 0 Å². The van der Waals surface area contributed by atoms with Crippen LogP contribution in [0.1, 0.15) is 90.9 Å². The van der Waals surface area contributed by atoms with Crippen molar-refractivity contribution in [2.24, 2.45) is 11.3 Å². The van der Waals surface area contributed by atoms with E-state index in [1.807, 2.05) is 0 Å². The highest BCUT2D eigenvalue weighted by molar-refractivity contribution is 4.98. The monoisotopic (exact) mass is 294 g/mol. The summed E-state index contributed by atoms with van der Waals surface area (Å²) in [4.78, 5) is 0. The Morgan fingerprint density at radius 2 is 1.62 bits per heavy atom. The Hall–Kier alpha value is -0.0800. The lowest BCUT2D eigenvalue weighted by Gasteiger charge is -2.48. The number of ether oxygens (including phenoxy) is 1. The topological polar surface area (TPSA) is 29.5 Å². The van der Waals surface area contributed by atoms with Gasteiger partial charge in [-0.2, -0.15) is 0 Å². The average Bonchev–Trinajstić information content (AvgIpc) is 2.60. The molecule has 2 unspecified atom stereocenters. The molecule has 2 heteroatoms. The molecule has 122 valence electrons. The molecule has 1 N–H and O–H groups in total. The molecule has 1 aliphatic heterocycles. The van der Waals surface area contributed by atoms with Gasteiger partial charge in [0.15, 0.2) is 0 Å². The molecular formula is C19H34O2. The predicted octanol–water partition coefficient (Wildman–Crippen LogP) is 4.84. The summed E-state index contributed by atoms with van der Waals surface area (Å²) in [5.74, 6) is 0.471. The van der Waals surface area contributed by atoms with Crippen LogP contribution in [-0.4, -0.2) is 22.9 Å². The number of rotatable bonds is 1. The van der Waals surface area contributed by atoms with Gasteiger partial charge in [-0.25, -0.2) is 0 Å². The fraction of sp³-hybridized carbons (Fsp3) is 1.00. The molecule has 2 atom stereocenters. The molecule has 1 spiro atoms. The lowest BCUT2D eigenvalue weighted by atomic mass is 9.68. The standard InChI is InChI=1S/C19H34O2/c1-17(2)8-6-11-19(20,13-12-17)16-7-14-21-18(15-16)9-4-3-5-10-18/h16,20H,3-15H2,1-2H3. The van der Waals surface area contributed by atoms with Gasteiger partial charge in [0.05, 0.1) is 11.2 Å². The van der Waals surface area contributed by atoms with Gasteiger partial charge in [0.1, 0.15) is 0 Å². The maximum atomic E-state index is 11.4. The molecule has 1 heterocycles. The van der Waals surface area contributed by atoms with Crippen LogP contribution >= 0.6 is 0 Å². The zero-order valence-electron chi connectivity index (χ0n) is 14.1. The molecule has 3 rings (SSSR count). The maximum absolute atomic E-state index is 11.4. The van der Waals surface area contributed by atoms with Crippen LogP contribution in [0, 0.1) is 11.3 Å². The second kappa shape index (κ2) is 5.85. The first-order valence-electron chi connectivity index (χ1n) is 9.30. The third-order valence-corrected chi connectivity index (χ3v) is 6.72. The van der Waals surface area contributed by atoms with Crippen molar-refractivity contribution in [1.82, 2.24) is 0 Å². The second-order valence-electron chi connectivity index (χ2n) is 8.90. The lowest BCUT2D eigenvalue weighted by Crippen LogP contribution is -2.49. The fourth-order valence-corrected chi connectivity index (χ4v) is 5.12. The van der Waals surface area contributed by atoms with Crippen molar-refractivity contribution in [2.45, 2.75) is 102 Å². The number of hydrogen-bond donors (Lipinski definition) is 1. The first-order chi connectivity index (χ1) is 9.93. The molecular weight excluding hydrogens is 260 g/mol. The first-order valence-corrected chi connectivity index (χ1v) is 9.30. The van der Waals surface area contributed by atoms with Crippen molar-refractivity contribution in [2.75, 3.05) is 6.61 Å². The average molecular weight is 294 g/mol. The maximum Gasteiger partial charge on any atom is 0.0686 e. The minimum atomic E-state index is -0.415. The van der Waals surface area contributed by atoms with Gasteiger partial charge >= 0.3 is 0 Å². The van der Waals surface area contributed by atoms with Gasteiger partial charge in [-0.15, -0.1) is 0 Å². The summed E-state index contributed by atoms with van der Waals surface area (Å²) in [5.41, 5.74) is 0.124. The Bertz CT molecular complexity index is 351. The van der Waals surface area contributed by atoms with Gasteiger partial charge in [-0.1, -0.05) is 39.5 Å². The molecule has 0 bridgehead atoms. The molecule has 2 aliphatic carbocycles. The van der Waals surface area contributed by atoms with Crippen LogP contribution in [0.4, 0.5) is 0 Å². The largest absolute Gasteiger partial charge is 0.390 e. The van der Waals surface area contributed by atoms with Crippen LogP contribution < -0.4 is 0 Å². The van der Waals surface area contributed by atoms with Crippen LogP contribution in [0.5, 0.6) is 0 Å². The predicted molar refractivity (Wildman–Crippen MR) is 86.3 cm³/mol. The van der Waals surface area contributed by atoms with E-state index in [9.17, 15) is 5.11 Å². The van der Waals surface area contributed by atoms with E-state index in [4.69, 9.17) is 4.74 Å². The van der Waals surface area contributed by atoms with Crippen LogP contribution in [0.3, 0.4) is 0 Å². The second-order valence-corrected chi connectivity index (χ2v) is 8.90. The van der Waals surface area contributed by atoms with E-state index in [1.54, 1.807) is 0 Å². The third-order valence-electron chi connectivity index (χ3n) is 6.72. The van der Waals surface area contributed by atoms with Crippen LogP contribution in [0.25, 0.3) is 0 Å². The van der Waals surface area contributed by atoms with Crippen molar-refractivity contribution in [3.05, 3.63) is 0 Å². The van der Waals surface area contributed by atoms with Gasteiger partial charge in [0.25, 0.3) is 0 Å². The molecule has 0 aromatic carbocycles. The molecule has 21 heavy (non-hydrogen) atoms. The molecule has 3 aliphatic rings. The summed E-state index contributed by atoms with van der Waals surface area (Å²) >= 11 is 0. The van der Waals surface area contributed by atoms with E-state index in [2.05, 4.69) is 13.8 Å². The van der Waals surface area contributed by atoms with E-state index in [0.717, 1.165) is 32.3 Å². The van der Waals surface area contributed by atoms with Crippen LogP contribution in [0.15, 0.2) is 0 Å². The van der Waals surface area contributed by atoms with Crippen molar-refractivity contribution >= 4 is 0 Å². The van der Waals surface area contributed by atoms with Gasteiger partial charge in [-0.05, 0) is 62.7 Å². The van der Waals surface area contributed by atoms with Crippen molar-refractivity contribution < 1.29 is 9.84 Å². The van der Waals surface area contributed by atoms with Crippen molar-refractivity contribution in [3.63, 3.8) is 0 Å². The SMILES string of the molecule is CC1(C)CCCC(O)(C2CCOC3(CCCCC3)C2)CC1. The Morgan fingerprint density at radius 1 is 0.857 bits per heavy atom. The van der Waals surface area contributed by atoms with E-state index in [-0.39, 0.29) is 5.60 Å². The lowest BCUT2D eigenvalue weighted by molar-refractivity contribution is -0.159. The molecule has 0 radical (unpaired) electrons. The summed E-state index contributed by atoms with van der Waals surface area (Å²) < 4.78 is 6.23. The highest BCUT2D eigenvalue weighted by atomic mass is 16.5. The molecule has 1 saturated heterocycles. The Labute approximate surface area is 130 Å². The molecule has 0 aromatic rings. The summed E-state index contributed by atoms with van der Waals surface area (Å²) in [7, 11) is 0. The van der Waals surface area contributed by atoms with Gasteiger partial charge in [0.2, 0.25) is 0 Å². The quantitative estimate of drug-likeness (QED) is 0.701. The Balaban J connectivity index is 1.70. The van der Waals surface area contributed by atoms with Gasteiger partial charge < -0.3 is 9.84 Å². The molecule has 2 nitrogen and oxygen atoms in total. The van der Waals surface area contributed by atoms with E-state index in [0.29, 0.717) is 11.3 Å². The van der Waals surface area contributed by atoms with E-state index < -0.39 is 5.60 Å².